The van der Waals surface area contributed by atoms with E-state index in [0.29, 0.717) is 24.6 Å². The van der Waals surface area contributed by atoms with Crippen LogP contribution in [0.3, 0.4) is 0 Å². The van der Waals surface area contributed by atoms with Crippen LogP contribution in [0.15, 0.2) is 52.5 Å². The molecule has 0 aliphatic heterocycles. The highest BCUT2D eigenvalue weighted by Crippen LogP contribution is 2.32. The van der Waals surface area contributed by atoms with Crippen molar-refractivity contribution in [3.8, 4) is 16.3 Å². The number of carbonyl (C=O) groups excluding carboxylic acids is 1. The van der Waals surface area contributed by atoms with Crippen molar-refractivity contribution in [2.45, 2.75) is 19.9 Å². The molecule has 1 N–H and O–H groups in total. The fraction of sp³-hybridized carbons (Fsp3) is 0.222. The van der Waals surface area contributed by atoms with Crippen LogP contribution in [0.4, 0.5) is 0 Å². The van der Waals surface area contributed by atoms with E-state index in [1.807, 2.05) is 30.3 Å². The number of carbonyl (C=O) groups is 1. The number of hydrogen-bond acceptors (Lipinski definition) is 5. The SMILES string of the molecule is CCCOc1ccccc1-c1nc(C(=O)NCc2ccco2)cs1. The van der Waals surface area contributed by atoms with E-state index in [0.717, 1.165) is 22.7 Å². The minimum absolute atomic E-state index is 0.221. The summed E-state index contributed by atoms with van der Waals surface area (Å²) in [7, 11) is 0. The van der Waals surface area contributed by atoms with Crippen LogP contribution in [0.2, 0.25) is 0 Å². The first-order valence-electron chi connectivity index (χ1n) is 7.76. The van der Waals surface area contributed by atoms with E-state index in [2.05, 4.69) is 17.2 Å². The van der Waals surface area contributed by atoms with Crippen molar-refractivity contribution in [1.82, 2.24) is 10.3 Å². The second-order valence-electron chi connectivity index (χ2n) is 5.14. The summed E-state index contributed by atoms with van der Waals surface area (Å²) in [5, 5.41) is 5.32. The van der Waals surface area contributed by atoms with Gasteiger partial charge in [0.05, 0.1) is 25.0 Å². The van der Waals surface area contributed by atoms with Gasteiger partial charge < -0.3 is 14.5 Å². The predicted molar refractivity (Wildman–Crippen MR) is 93.2 cm³/mol. The quantitative estimate of drug-likeness (QED) is 0.701. The minimum Gasteiger partial charge on any atom is -0.493 e. The summed E-state index contributed by atoms with van der Waals surface area (Å²) < 4.78 is 11.0. The largest absolute Gasteiger partial charge is 0.493 e. The number of rotatable bonds is 7. The van der Waals surface area contributed by atoms with E-state index in [-0.39, 0.29) is 5.91 Å². The highest BCUT2D eigenvalue weighted by atomic mass is 32.1. The predicted octanol–water partition coefficient (Wildman–Crippen LogP) is 4.12. The number of nitrogens with one attached hydrogen (secondary N) is 1. The van der Waals surface area contributed by atoms with E-state index < -0.39 is 0 Å². The van der Waals surface area contributed by atoms with Crippen LogP contribution in [-0.4, -0.2) is 17.5 Å². The standard InChI is InChI=1S/C18H18N2O3S/c1-2-9-23-16-8-4-3-7-14(16)18-20-15(12-24-18)17(21)19-11-13-6-5-10-22-13/h3-8,10,12H,2,9,11H2,1H3,(H,19,21). The summed E-state index contributed by atoms with van der Waals surface area (Å²) in [6.07, 6.45) is 2.52. The van der Waals surface area contributed by atoms with Gasteiger partial charge in [0.1, 0.15) is 22.2 Å². The smallest absolute Gasteiger partial charge is 0.271 e. The van der Waals surface area contributed by atoms with Gasteiger partial charge in [0, 0.05) is 5.38 Å². The Morgan fingerprint density at radius 2 is 2.17 bits per heavy atom. The molecule has 1 amide bonds. The van der Waals surface area contributed by atoms with Crippen molar-refractivity contribution >= 4 is 17.2 Å². The molecule has 0 aliphatic rings. The van der Waals surface area contributed by atoms with Gasteiger partial charge in [-0.25, -0.2) is 4.98 Å². The second kappa shape index (κ2) is 7.79. The Balaban J connectivity index is 1.72. The number of nitrogens with zero attached hydrogens (tertiary/aromatic N) is 1. The van der Waals surface area contributed by atoms with E-state index in [1.165, 1.54) is 11.3 Å². The Bertz CT molecular complexity index is 796. The lowest BCUT2D eigenvalue weighted by Gasteiger charge is -2.08. The molecule has 0 bridgehead atoms. The Labute approximate surface area is 144 Å². The lowest BCUT2D eigenvalue weighted by molar-refractivity contribution is 0.0944. The summed E-state index contributed by atoms with van der Waals surface area (Å²) in [5.41, 5.74) is 1.30. The Hall–Kier alpha value is -2.60. The summed E-state index contributed by atoms with van der Waals surface area (Å²) in [6, 6.07) is 11.3. The zero-order chi connectivity index (χ0) is 16.8. The molecule has 0 saturated heterocycles. The normalized spacial score (nSPS) is 10.5. The first-order valence-corrected chi connectivity index (χ1v) is 8.64. The van der Waals surface area contributed by atoms with Crippen molar-refractivity contribution in [2.24, 2.45) is 0 Å². The third-order valence-corrected chi connectivity index (χ3v) is 4.19. The molecule has 0 radical (unpaired) electrons. The van der Waals surface area contributed by atoms with Crippen molar-refractivity contribution < 1.29 is 13.9 Å². The molecule has 0 atom stereocenters. The van der Waals surface area contributed by atoms with E-state index >= 15 is 0 Å². The number of furan rings is 1. The Kier molecular flexibility index (Phi) is 5.28. The van der Waals surface area contributed by atoms with Gasteiger partial charge >= 0.3 is 0 Å². The Morgan fingerprint density at radius 3 is 2.96 bits per heavy atom. The van der Waals surface area contributed by atoms with Crippen LogP contribution < -0.4 is 10.1 Å². The molecule has 124 valence electrons. The number of ether oxygens (including phenoxy) is 1. The number of thiazole rings is 1. The molecule has 2 aromatic heterocycles. The van der Waals surface area contributed by atoms with Crippen LogP contribution in [0.25, 0.3) is 10.6 Å². The molecule has 24 heavy (non-hydrogen) atoms. The molecule has 3 aromatic rings. The first-order chi connectivity index (χ1) is 11.8. The molecular weight excluding hydrogens is 324 g/mol. The average molecular weight is 342 g/mol. The van der Waals surface area contributed by atoms with Crippen LogP contribution in [-0.2, 0) is 6.54 Å². The van der Waals surface area contributed by atoms with Crippen molar-refractivity contribution in [2.75, 3.05) is 6.61 Å². The third-order valence-electron chi connectivity index (χ3n) is 3.32. The number of aromatic nitrogens is 1. The molecule has 5 nitrogen and oxygen atoms in total. The molecule has 0 spiro atoms. The van der Waals surface area contributed by atoms with Gasteiger partial charge in [-0.1, -0.05) is 19.1 Å². The highest BCUT2D eigenvalue weighted by molar-refractivity contribution is 7.13. The van der Waals surface area contributed by atoms with Crippen LogP contribution >= 0.6 is 11.3 Å². The highest BCUT2D eigenvalue weighted by Gasteiger charge is 2.14. The number of amides is 1. The fourth-order valence-corrected chi connectivity index (χ4v) is 2.98. The molecule has 1 aromatic carbocycles. The molecule has 6 heteroatoms. The van der Waals surface area contributed by atoms with Crippen molar-refractivity contribution in [3.63, 3.8) is 0 Å². The minimum atomic E-state index is -0.221. The molecule has 2 heterocycles. The third kappa shape index (κ3) is 3.83. The number of para-hydroxylation sites is 1. The van der Waals surface area contributed by atoms with Crippen molar-refractivity contribution in [3.05, 3.63) is 59.5 Å². The van der Waals surface area contributed by atoms with Crippen LogP contribution in [0.5, 0.6) is 5.75 Å². The van der Waals surface area contributed by atoms with Gasteiger partial charge in [0.2, 0.25) is 0 Å². The van der Waals surface area contributed by atoms with Gasteiger partial charge in [-0.05, 0) is 30.7 Å². The molecular formula is C18H18N2O3S. The molecule has 0 aliphatic carbocycles. The topological polar surface area (TPSA) is 64.4 Å². The summed E-state index contributed by atoms with van der Waals surface area (Å²) in [4.78, 5) is 16.6. The van der Waals surface area contributed by atoms with Gasteiger partial charge in [-0.2, -0.15) is 0 Å². The van der Waals surface area contributed by atoms with Gasteiger partial charge in [0.15, 0.2) is 0 Å². The zero-order valence-electron chi connectivity index (χ0n) is 13.3. The lowest BCUT2D eigenvalue weighted by Crippen LogP contribution is -2.22. The number of hydrogen-bond donors (Lipinski definition) is 1. The van der Waals surface area contributed by atoms with Crippen LogP contribution in [0.1, 0.15) is 29.6 Å². The average Bonchev–Trinajstić information content (AvgIpc) is 3.29. The first kappa shape index (κ1) is 16.3. The van der Waals surface area contributed by atoms with E-state index in [4.69, 9.17) is 9.15 Å². The van der Waals surface area contributed by atoms with Gasteiger partial charge in [-0.15, -0.1) is 11.3 Å². The summed E-state index contributed by atoms with van der Waals surface area (Å²) >= 11 is 1.43. The van der Waals surface area contributed by atoms with E-state index in [9.17, 15) is 4.79 Å². The molecule has 0 fully saturated rings. The summed E-state index contributed by atoms with van der Waals surface area (Å²) in [5.74, 6) is 1.27. The molecule has 3 rings (SSSR count). The molecule has 0 unspecified atom stereocenters. The maximum atomic E-state index is 12.2. The van der Waals surface area contributed by atoms with Gasteiger partial charge in [-0.3, -0.25) is 4.79 Å². The maximum absolute atomic E-state index is 12.2. The van der Waals surface area contributed by atoms with E-state index in [1.54, 1.807) is 17.7 Å². The van der Waals surface area contributed by atoms with Crippen molar-refractivity contribution in [1.29, 1.82) is 0 Å². The maximum Gasteiger partial charge on any atom is 0.271 e. The fourth-order valence-electron chi connectivity index (χ4n) is 2.15. The second-order valence-corrected chi connectivity index (χ2v) is 6.00. The Morgan fingerprint density at radius 1 is 1.29 bits per heavy atom. The lowest BCUT2D eigenvalue weighted by atomic mass is 10.2. The molecule has 0 saturated carbocycles. The summed E-state index contributed by atoms with van der Waals surface area (Å²) in [6.45, 7) is 3.06. The zero-order valence-corrected chi connectivity index (χ0v) is 14.1. The number of benzene rings is 1. The van der Waals surface area contributed by atoms with Crippen LogP contribution in [0, 0.1) is 0 Å². The monoisotopic (exact) mass is 342 g/mol. The van der Waals surface area contributed by atoms with Gasteiger partial charge in [0.25, 0.3) is 5.91 Å².